The van der Waals surface area contributed by atoms with Gasteiger partial charge in [0.05, 0.1) is 18.4 Å². The third-order valence-corrected chi connectivity index (χ3v) is 2.71. The zero-order valence-corrected chi connectivity index (χ0v) is 12.9. The molecule has 112 valence electrons. The number of hydrogen-bond donors (Lipinski definition) is 2. The van der Waals surface area contributed by atoms with Crippen molar-refractivity contribution in [1.82, 2.24) is 4.98 Å². The zero-order valence-electron chi connectivity index (χ0n) is 12.9. The first kappa shape index (κ1) is 16.4. The predicted octanol–water partition coefficient (Wildman–Crippen LogP) is 2.10. The van der Waals surface area contributed by atoms with Crippen LogP contribution >= 0.6 is 0 Å². The molecule has 0 spiro atoms. The van der Waals surface area contributed by atoms with Crippen LogP contribution < -0.4 is 16.0 Å². The Kier molecular flexibility index (Phi) is 6.45. The molecule has 1 amide bonds. The van der Waals surface area contributed by atoms with Crippen molar-refractivity contribution in [3.8, 4) is 0 Å². The van der Waals surface area contributed by atoms with Crippen LogP contribution in [0.25, 0.3) is 0 Å². The first-order valence-corrected chi connectivity index (χ1v) is 7.13. The maximum absolute atomic E-state index is 11.2. The fraction of sp³-hybridized carbons (Fsp3) is 0.600. The van der Waals surface area contributed by atoms with Crippen molar-refractivity contribution in [2.24, 2.45) is 17.6 Å². The van der Waals surface area contributed by atoms with Crippen molar-refractivity contribution >= 4 is 17.4 Å². The number of nitrogens with two attached hydrogens (primary N) is 1. The lowest BCUT2D eigenvalue weighted by Crippen LogP contribution is -2.32. The van der Waals surface area contributed by atoms with Gasteiger partial charge in [-0.05, 0) is 24.0 Å². The maximum Gasteiger partial charge on any atom is 0.238 e. The van der Waals surface area contributed by atoms with E-state index in [1.54, 1.807) is 6.20 Å². The van der Waals surface area contributed by atoms with Gasteiger partial charge >= 0.3 is 0 Å². The van der Waals surface area contributed by atoms with Crippen LogP contribution in [0.15, 0.2) is 18.3 Å². The molecule has 5 heteroatoms. The average Bonchev–Trinajstić information content (AvgIpc) is 2.37. The number of amides is 1. The molecule has 20 heavy (non-hydrogen) atoms. The molecule has 1 heterocycles. The Hall–Kier alpha value is -1.62. The van der Waals surface area contributed by atoms with Gasteiger partial charge in [0.1, 0.15) is 5.82 Å². The molecule has 1 aromatic heterocycles. The first-order chi connectivity index (χ1) is 9.42. The summed E-state index contributed by atoms with van der Waals surface area (Å²) in [6, 6.07) is 3.81. The van der Waals surface area contributed by atoms with E-state index in [9.17, 15) is 4.79 Å². The van der Waals surface area contributed by atoms with Crippen LogP contribution in [0.3, 0.4) is 0 Å². The summed E-state index contributed by atoms with van der Waals surface area (Å²) in [4.78, 5) is 17.9. The Balaban J connectivity index is 2.78. The summed E-state index contributed by atoms with van der Waals surface area (Å²) < 4.78 is 0. The summed E-state index contributed by atoms with van der Waals surface area (Å²) in [6.07, 6.45) is 1.68. The largest absolute Gasteiger partial charge is 0.356 e. The van der Waals surface area contributed by atoms with Gasteiger partial charge in [0.2, 0.25) is 5.91 Å². The lowest BCUT2D eigenvalue weighted by atomic mass is 10.1. The lowest BCUT2D eigenvalue weighted by Gasteiger charge is -2.27. The second-order valence-corrected chi connectivity index (χ2v) is 5.85. The average molecular weight is 278 g/mol. The standard InChI is InChI=1S/C15H26N4O/c1-11(2)9-19(10-12(3)4)14-6-5-13(8-17-14)18-15(20)7-16/h5-6,8,11-12H,7,9-10,16H2,1-4H3,(H,18,20). The third-order valence-electron chi connectivity index (χ3n) is 2.71. The number of nitrogens with one attached hydrogen (secondary N) is 1. The van der Waals surface area contributed by atoms with E-state index in [0.29, 0.717) is 17.5 Å². The number of hydrogen-bond acceptors (Lipinski definition) is 4. The number of pyridine rings is 1. The second kappa shape index (κ2) is 7.85. The maximum atomic E-state index is 11.2. The van der Waals surface area contributed by atoms with Crippen LogP contribution in [0.5, 0.6) is 0 Å². The van der Waals surface area contributed by atoms with E-state index >= 15 is 0 Å². The molecule has 1 rings (SSSR count). The van der Waals surface area contributed by atoms with Crippen molar-refractivity contribution in [3.05, 3.63) is 18.3 Å². The molecule has 1 aromatic rings. The Morgan fingerprint density at radius 3 is 2.25 bits per heavy atom. The minimum atomic E-state index is -0.208. The van der Waals surface area contributed by atoms with E-state index in [0.717, 1.165) is 18.9 Å². The van der Waals surface area contributed by atoms with E-state index in [4.69, 9.17) is 5.73 Å². The van der Waals surface area contributed by atoms with Gasteiger partial charge in [0.25, 0.3) is 0 Å². The SMILES string of the molecule is CC(C)CN(CC(C)C)c1ccc(NC(=O)CN)cn1. The van der Waals surface area contributed by atoms with Crippen molar-refractivity contribution in [1.29, 1.82) is 0 Å². The number of rotatable bonds is 7. The summed E-state index contributed by atoms with van der Waals surface area (Å²) in [5.41, 5.74) is 5.95. The molecule has 0 fully saturated rings. The molecule has 0 unspecified atom stereocenters. The molecular formula is C15H26N4O. The van der Waals surface area contributed by atoms with Gasteiger partial charge in [-0.1, -0.05) is 27.7 Å². The predicted molar refractivity (Wildman–Crippen MR) is 83.8 cm³/mol. The summed E-state index contributed by atoms with van der Waals surface area (Å²) in [5.74, 6) is 1.89. The topological polar surface area (TPSA) is 71.2 Å². The summed E-state index contributed by atoms with van der Waals surface area (Å²) in [6.45, 7) is 10.7. The van der Waals surface area contributed by atoms with E-state index in [1.165, 1.54) is 0 Å². The quantitative estimate of drug-likeness (QED) is 0.801. The first-order valence-electron chi connectivity index (χ1n) is 7.13. The summed E-state index contributed by atoms with van der Waals surface area (Å²) >= 11 is 0. The van der Waals surface area contributed by atoms with Crippen molar-refractivity contribution in [2.75, 3.05) is 29.9 Å². The Morgan fingerprint density at radius 1 is 1.25 bits per heavy atom. The third kappa shape index (κ3) is 5.57. The number of nitrogens with zero attached hydrogens (tertiary/aromatic N) is 2. The summed E-state index contributed by atoms with van der Waals surface area (Å²) in [7, 11) is 0. The highest BCUT2D eigenvalue weighted by Crippen LogP contribution is 2.17. The Bertz CT molecular complexity index is 404. The van der Waals surface area contributed by atoms with Gasteiger partial charge in [-0.2, -0.15) is 0 Å². The molecule has 0 aliphatic heterocycles. The van der Waals surface area contributed by atoms with Gasteiger partial charge in [-0.3, -0.25) is 4.79 Å². The van der Waals surface area contributed by atoms with E-state index in [2.05, 4.69) is 42.9 Å². The van der Waals surface area contributed by atoms with Crippen LogP contribution in [0.1, 0.15) is 27.7 Å². The van der Waals surface area contributed by atoms with Crippen LogP contribution in [0.4, 0.5) is 11.5 Å². The molecule has 0 bridgehead atoms. The normalized spacial score (nSPS) is 10.9. The molecule has 0 atom stereocenters. The van der Waals surface area contributed by atoms with Gasteiger partial charge in [-0.15, -0.1) is 0 Å². The van der Waals surface area contributed by atoms with Crippen molar-refractivity contribution in [3.63, 3.8) is 0 Å². The molecule has 0 aromatic carbocycles. The van der Waals surface area contributed by atoms with Gasteiger partial charge in [0, 0.05) is 13.1 Å². The lowest BCUT2D eigenvalue weighted by molar-refractivity contribution is -0.114. The van der Waals surface area contributed by atoms with Crippen LogP contribution in [0, 0.1) is 11.8 Å². The number of carbonyl (C=O) groups is 1. The molecule has 3 N–H and O–H groups in total. The monoisotopic (exact) mass is 278 g/mol. The number of anilines is 2. The minimum absolute atomic E-state index is 0.0193. The second-order valence-electron chi connectivity index (χ2n) is 5.85. The Labute approximate surface area is 121 Å². The highest BCUT2D eigenvalue weighted by Gasteiger charge is 2.12. The molecule has 5 nitrogen and oxygen atoms in total. The van der Waals surface area contributed by atoms with Crippen molar-refractivity contribution < 1.29 is 4.79 Å². The zero-order chi connectivity index (χ0) is 15.1. The van der Waals surface area contributed by atoms with Gasteiger partial charge in [0.15, 0.2) is 0 Å². The molecule has 0 aliphatic carbocycles. The highest BCUT2D eigenvalue weighted by molar-refractivity contribution is 5.91. The van der Waals surface area contributed by atoms with Crippen LogP contribution in [-0.4, -0.2) is 30.5 Å². The molecule has 0 radical (unpaired) electrons. The summed E-state index contributed by atoms with van der Waals surface area (Å²) in [5, 5.41) is 2.69. The Morgan fingerprint density at radius 2 is 1.85 bits per heavy atom. The number of aromatic nitrogens is 1. The molecule has 0 saturated carbocycles. The molecular weight excluding hydrogens is 252 g/mol. The molecule has 0 saturated heterocycles. The van der Waals surface area contributed by atoms with E-state index in [-0.39, 0.29) is 12.5 Å². The van der Waals surface area contributed by atoms with Crippen molar-refractivity contribution in [2.45, 2.75) is 27.7 Å². The van der Waals surface area contributed by atoms with E-state index < -0.39 is 0 Å². The molecule has 0 aliphatic rings. The minimum Gasteiger partial charge on any atom is -0.356 e. The van der Waals surface area contributed by atoms with Crippen LogP contribution in [0.2, 0.25) is 0 Å². The van der Waals surface area contributed by atoms with Gasteiger partial charge in [-0.25, -0.2) is 4.98 Å². The van der Waals surface area contributed by atoms with Gasteiger partial charge < -0.3 is 16.0 Å². The highest BCUT2D eigenvalue weighted by atomic mass is 16.1. The number of carbonyl (C=O) groups excluding carboxylic acids is 1. The smallest absolute Gasteiger partial charge is 0.238 e. The fourth-order valence-electron chi connectivity index (χ4n) is 2.00. The van der Waals surface area contributed by atoms with Crippen LogP contribution in [-0.2, 0) is 4.79 Å². The fourth-order valence-corrected chi connectivity index (χ4v) is 2.00. The van der Waals surface area contributed by atoms with E-state index in [1.807, 2.05) is 12.1 Å².